The molecular formula is C17H30N2O2S. The maximum absolute atomic E-state index is 12.4. The quantitative estimate of drug-likeness (QED) is 0.864. The second-order valence-corrected chi connectivity index (χ2v) is 8.39. The molecule has 0 aromatic heterocycles. The number of rotatable bonds is 3. The molecule has 2 heterocycles. The summed E-state index contributed by atoms with van der Waals surface area (Å²) in [6.07, 6.45) is 4.65. The number of aliphatic imine (C=N–C) groups is 1. The van der Waals surface area contributed by atoms with Crippen molar-refractivity contribution in [3.05, 3.63) is 0 Å². The van der Waals surface area contributed by atoms with E-state index in [9.17, 15) is 4.79 Å². The lowest BCUT2D eigenvalue weighted by Gasteiger charge is -2.24. The Hall–Kier alpha value is -0.550. The summed E-state index contributed by atoms with van der Waals surface area (Å²) in [4.78, 5) is 17.3. The summed E-state index contributed by atoms with van der Waals surface area (Å²) in [5.41, 5.74) is 0. The van der Waals surface area contributed by atoms with Gasteiger partial charge in [-0.2, -0.15) is 0 Å². The molecule has 3 fully saturated rings. The molecule has 1 amide bonds. The van der Waals surface area contributed by atoms with E-state index in [-0.39, 0.29) is 13.3 Å². The minimum absolute atomic E-state index is 0. The van der Waals surface area contributed by atoms with Crippen LogP contribution in [0.5, 0.6) is 0 Å². The first-order valence-electron chi connectivity index (χ1n) is 8.19. The van der Waals surface area contributed by atoms with E-state index in [0.29, 0.717) is 24.5 Å². The molecule has 2 aliphatic heterocycles. The van der Waals surface area contributed by atoms with Crippen molar-refractivity contribution < 1.29 is 9.53 Å². The Balaban J connectivity index is 0.00000176. The first-order valence-corrected chi connectivity index (χ1v) is 9.00. The first kappa shape index (κ1) is 17.8. The fourth-order valence-corrected chi connectivity index (χ4v) is 5.04. The molecule has 0 aromatic carbocycles. The van der Waals surface area contributed by atoms with Gasteiger partial charge in [-0.25, -0.2) is 0 Å². The summed E-state index contributed by atoms with van der Waals surface area (Å²) < 4.78 is 5.06. The number of hydrogen-bond acceptors (Lipinski definition) is 4. The smallest absolute Gasteiger partial charge is 0.242 e. The second-order valence-electron chi connectivity index (χ2n) is 6.95. The Bertz CT molecular complexity index is 448. The summed E-state index contributed by atoms with van der Waals surface area (Å²) in [6.45, 7) is 8.06. The number of nitrogens with zero attached hydrogens (tertiary/aromatic N) is 1. The number of carbonyl (C=O) groups excluding carboxylic acids is 1. The van der Waals surface area contributed by atoms with Gasteiger partial charge in [0.2, 0.25) is 5.91 Å². The molecule has 1 N–H and O–H groups in total. The Labute approximate surface area is 138 Å². The zero-order chi connectivity index (χ0) is 15.0. The molecule has 0 bridgehead atoms. The molecule has 1 saturated carbocycles. The molecule has 5 unspecified atom stereocenters. The van der Waals surface area contributed by atoms with Crippen LogP contribution in [-0.2, 0) is 9.53 Å². The van der Waals surface area contributed by atoms with Gasteiger partial charge >= 0.3 is 0 Å². The normalized spacial score (nSPS) is 43.4. The Morgan fingerprint density at radius 3 is 2.82 bits per heavy atom. The van der Waals surface area contributed by atoms with Crippen molar-refractivity contribution in [3.8, 4) is 0 Å². The summed E-state index contributed by atoms with van der Waals surface area (Å²) in [6, 6.07) is 0.375. The second kappa shape index (κ2) is 6.91. The predicted octanol–water partition coefficient (Wildman–Crippen LogP) is 3.46. The predicted molar refractivity (Wildman–Crippen MR) is 93.2 cm³/mol. The van der Waals surface area contributed by atoms with Crippen molar-refractivity contribution in [1.29, 1.82) is 0 Å². The van der Waals surface area contributed by atoms with Crippen LogP contribution in [0.15, 0.2) is 4.99 Å². The molecule has 5 heteroatoms. The minimum Gasteiger partial charge on any atom is -0.381 e. The van der Waals surface area contributed by atoms with Crippen LogP contribution in [0.25, 0.3) is 0 Å². The molecule has 22 heavy (non-hydrogen) atoms. The van der Waals surface area contributed by atoms with E-state index in [4.69, 9.17) is 9.73 Å². The molecule has 3 aliphatic rings. The van der Waals surface area contributed by atoms with E-state index in [1.807, 2.05) is 6.92 Å². The van der Waals surface area contributed by atoms with E-state index in [0.717, 1.165) is 24.1 Å². The molecule has 126 valence electrons. The van der Waals surface area contributed by atoms with E-state index in [1.54, 1.807) is 11.8 Å². The molecule has 5 atom stereocenters. The number of carbonyl (C=O) groups is 1. The lowest BCUT2D eigenvalue weighted by Crippen LogP contribution is -2.40. The van der Waals surface area contributed by atoms with E-state index >= 15 is 0 Å². The van der Waals surface area contributed by atoms with Crippen LogP contribution in [0.3, 0.4) is 0 Å². The minimum atomic E-state index is -0.401. The molecule has 0 radical (unpaired) electrons. The van der Waals surface area contributed by atoms with Crippen molar-refractivity contribution in [3.63, 3.8) is 0 Å². The van der Waals surface area contributed by atoms with Gasteiger partial charge in [-0.1, -0.05) is 39.5 Å². The van der Waals surface area contributed by atoms with Crippen LogP contribution in [0.4, 0.5) is 0 Å². The maximum atomic E-state index is 12.4. The van der Waals surface area contributed by atoms with Gasteiger partial charge in [0.1, 0.15) is 4.75 Å². The first-order chi connectivity index (χ1) is 10.0. The SMILES string of the molecule is C.CCC1CC(C)C(N=C2NC(=O)C(C)(C3CCOC3)S2)C1. The summed E-state index contributed by atoms with van der Waals surface area (Å²) in [5, 5.41) is 3.86. The number of amidine groups is 1. The van der Waals surface area contributed by atoms with Gasteiger partial charge in [0.05, 0.1) is 12.6 Å². The lowest BCUT2D eigenvalue weighted by atomic mass is 9.92. The fraction of sp³-hybridized carbons (Fsp3) is 0.882. The molecule has 0 aromatic rings. The van der Waals surface area contributed by atoms with Gasteiger partial charge in [-0.05, 0) is 38.0 Å². The third-order valence-corrected chi connectivity index (χ3v) is 6.83. The van der Waals surface area contributed by atoms with Gasteiger partial charge in [0, 0.05) is 12.5 Å². The lowest BCUT2D eigenvalue weighted by molar-refractivity contribution is -0.122. The monoisotopic (exact) mass is 326 g/mol. The van der Waals surface area contributed by atoms with E-state index < -0.39 is 4.75 Å². The van der Waals surface area contributed by atoms with Gasteiger partial charge in [0.25, 0.3) is 0 Å². The van der Waals surface area contributed by atoms with Crippen molar-refractivity contribution in [2.75, 3.05) is 13.2 Å². The molecule has 3 rings (SSSR count). The van der Waals surface area contributed by atoms with E-state index in [1.165, 1.54) is 19.3 Å². The number of nitrogens with one attached hydrogen (secondary N) is 1. The van der Waals surface area contributed by atoms with Crippen molar-refractivity contribution in [1.82, 2.24) is 5.32 Å². The highest BCUT2D eigenvalue weighted by atomic mass is 32.2. The van der Waals surface area contributed by atoms with Crippen molar-refractivity contribution >= 4 is 22.8 Å². The molecule has 1 aliphatic carbocycles. The summed E-state index contributed by atoms with van der Waals surface area (Å²) in [5.74, 6) is 1.84. The number of hydrogen-bond donors (Lipinski definition) is 1. The van der Waals surface area contributed by atoms with Gasteiger partial charge < -0.3 is 10.1 Å². The van der Waals surface area contributed by atoms with Crippen LogP contribution in [-0.4, -0.2) is 35.1 Å². The molecule has 2 saturated heterocycles. The van der Waals surface area contributed by atoms with Crippen LogP contribution in [0, 0.1) is 17.8 Å². The van der Waals surface area contributed by atoms with Gasteiger partial charge in [0.15, 0.2) is 5.17 Å². The number of ether oxygens (including phenoxy) is 1. The third kappa shape index (κ3) is 3.21. The summed E-state index contributed by atoms with van der Waals surface area (Å²) in [7, 11) is 0. The maximum Gasteiger partial charge on any atom is 0.242 e. The summed E-state index contributed by atoms with van der Waals surface area (Å²) >= 11 is 1.63. The fourth-order valence-electron chi connectivity index (χ4n) is 3.81. The van der Waals surface area contributed by atoms with Gasteiger partial charge in [-0.3, -0.25) is 9.79 Å². The molecular weight excluding hydrogens is 296 g/mol. The Morgan fingerprint density at radius 2 is 2.23 bits per heavy atom. The van der Waals surface area contributed by atoms with Gasteiger partial charge in [-0.15, -0.1) is 0 Å². The Kier molecular flexibility index (Phi) is 5.59. The van der Waals surface area contributed by atoms with Crippen LogP contribution in [0.1, 0.15) is 53.9 Å². The average Bonchev–Trinajstić information content (AvgIpc) is 3.13. The number of amides is 1. The van der Waals surface area contributed by atoms with Crippen molar-refractivity contribution in [2.45, 2.75) is 64.7 Å². The zero-order valence-corrected chi connectivity index (χ0v) is 14.0. The third-order valence-electron chi connectivity index (χ3n) is 5.49. The highest BCUT2D eigenvalue weighted by Crippen LogP contribution is 2.43. The number of thioether (sulfide) groups is 1. The highest BCUT2D eigenvalue weighted by molar-refractivity contribution is 8.16. The van der Waals surface area contributed by atoms with E-state index in [2.05, 4.69) is 19.2 Å². The van der Waals surface area contributed by atoms with Crippen LogP contribution < -0.4 is 5.32 Å². The van der Waals surface area contributed by atoms with Crippen LogP contribution >= 0.6 is 11.8 Å². The Morgan fingerprint density at radius 1 is 1.45 bits per heavy atom. The topological polar surface area (TPSA) is 50.7 Å². The molecule has 0 spiro atoms. The average molecular weight is 327 g/mol. The zero-order valence-electron chi connectivity index (χ0n) is 13.2. The largest absolute Gasteiger partial charge is 0.381 e. The molecule has 4 nitrogen and oxygen atoms in total. The highest BCUT2D eigenvalue weighted by Gasteiger charge is 2.50. The standard InChI is InChI=1S/C16H26N2O2S.CH4/c1-4-11-7-10(2)13(8-11)17-15-18-14(19)16(3,21-15)12-5-6-20-9-12;/h10-13H,4-9H2,1-3H3,(H,17,18,19);1H4. The van der Waals surface area contributed by atoms with Crippen molar-refractivity contribution in [2.24, 2.45) is 22.7 Å². The van der Waals surface area contributed by atoms with Crippen LogP contribution in [0.2, 0.25) is 0 Å².